The molecule has 112 valence electrons. The van der Waals surface area contributed by atoms with Gasteiger partial charge in [0.05, 0.1) is 12.2 Å². The first-order chi connectivity index (χ1) is 10.2. The molecule has 1 aromatic heterocycles. The topological polar surface area (TPSA) is 52.0 Å². The number of benzene rings is 1. The van der Waals surface area contributed by atoms with Crippen molar-refractivity contribution in [1.29, 1.82) is 0 Å². The van der Waals surface area contributed by atoms with E-state index < -0.39 is 0 Å². The molecule has 2 aromatic rings. The second kappa shape index (κ2) is 6.53. The van der Waals surface area contributed by atoms with Gasteiger partial charge in [-0.05, 0) is 25.0 Å². The quantitative estimate of drug-likeness (QED) is 0.829. The molecule has 0 spiro atoms. The second-order valence-electron chi connectivity index (χ2n) is 5.08. The molecule has 21 heavy (non-hydrogen) atoms. The van der Waals surface area contributed by atoms with Crippen molar-refractivity contribution in [1.82, 2.24) is 20.3 Å². The van der Waals surface area contributed by atoms with Crippen molar-refractivity contribution in [2.24, 2.45) is 0 Å². The molecule has 1 fully saturated rings. The summed E-state index contributed by atoms with van der Waals surface area (Å²) in [6.07, 6.45) is 4.41. The zero-order chi connectivity index (χ0) is 14.7. The minimum Gasteiger partial charge on any atom is -0.492 e. The van der Waals surface area contributed by atoms with Gasteiger partial charge in [0.25, 0.3) is 0 Å². The van der Waals surface area contributed by atoms with E-state index in [1.54, 1.807) is 10.7 Å². The molecular weight excluding hydrogens is 339 g/mol. The van der Waals surface area contributed by atoms with E-state index in [0.29, 0.717) is 29.4 Å². The largest absolute Gasteiger partial charge is 0.492 e. The number of rotatable bonds is 7. The summed E-state index contributed by atoms with van der Waals surface area (Å²) >= 11 is 3.23. The average molecular weight is 355 g/mol. The highest BCUT2D eigenvalue weighted by atomic mass is 79.9. The first-order valence-electron chi connectivity index (χ1n) is 6.90. The Morgan fingerprint density at radius 2 is 2.24 bits per heavy atom. The zero-order valence-electron chi connectivity index (χ0n) is 11.4. The molecule has 0 unspecified atom stereocenters. The van der Waals surface area contributed by atoms with Gasteiger partial charge in [0.2, 0.25) is 0 Å². The standard InChI is InChI=1S/C14H16BrFN4O/c15-10-5-11(16)7-14(6-10)21-4-3-20-9-13(18-19-20)8-17-12-1-2-12/h5-7,9,12,17H,1-4,8H2. The summed E-state index contributed by atoms with van der Waals surface area (Å²) in [5, 5.41) is 11.5. The maximum atomic E-state index is 13.2. The van der Waals surface area contributed by atoms with Crippen molar-refractivity contribution in [2.45, 2.75) is 32.0 Å². The molecule has 0 radical (unpaired) electrons. The van der Waals surface area contributed by atoms with Crippen LogP contribution >= 0.6 is 15.9 Å². The van der Waals surface area contributed by atoms with Gasteiger partial charge in [-0.25, -0.2) is 9.07 Å². The third-order valence-electron chi connectivity index (χ3n) is 3.16. The van der Waals surface area contributed by atoms with Crippen LogP contribution in [0.3, 0.4) is 0 Å². The van der Waals surface area contributed by atoms with Crippen molar-refractivity contribution in [3.8, 4) is 5.75 Å². The molecule has 0 aliphatic heterocycles. The van der Waals surface area contributed by atoms with Gasteiger partial charge in [-0.15, -0.1) is 5.10 Å². The number of nitrogens with zero attached hydrogens (tertiary/aromatic N) is 3. The number of aromatic nitrogens is 3. The highest BCUT2D eigenvalue weighted by Gasteiger charge is 2.20. The fourth-order valence-electron chi connectivity index (χ4n) is 1.93. The fourth-order valence-corrected chi connectivity index (χ4v) is 2.38. The molecular formula is C14H16BrFN4O. The number of hydrogen-bond donors (Lipinski definition) is 1. The van der Waals surface area contributed by atoms with Crippen molar-refractivity contribution < 1.29 is 9.13 Å². The van der Waals surface area contributed by atoms with Crippen LogP contribution in [0.2, 0.25) is 0 Å². The summed E-state index contributed by atoms with van der Waals surface area (Å²) in [7, 11) is 0. The molecule has 3 rings (SSSR count). The first kappa shape index (κ1) is 14.5. The van der Waals surface area contributed by atoms with E-state index in [0.717, 1.165) is 12.2 Å². The highest BCUT2D eigenvalue weighted by Crippen LogP contribution is 2.20. The molecule has 7 heteroatoms. The van der Waals surface area contributed by atoms with Gasteiger partial charge >= 0.3 is 0 Å². The molecule has 1 N–H and O–H groups in total. The Balaban J connectivity index is 1.46. The third kappa shape index (κ3) is 4.50. The average Bonchev–Trinajstić information content (AvgIpc) is 3.15. The minimum absolute atomic E-state index is 0.325. The summed E-state index contributed by atoms with van der Waals surface area (Å²) in [5.41, 5.74) is 0.926. The monoisotopic (exact) mass is 354 g/mol. The van der Waals surface area contributed by atoms with Crippen LogP contribution in [0.25, 0.3) is 0 Å². The van der Waals surface area contributed by atoms with E-state index in [1.165, 1.54) is 25.0 Å². The Labute approximate surface area is 130 Å². The van der Waals surface area contributed by atoms with E-state index in [2.05, 4.69) is 31.6 Å². The number of ether oxygens (including phenoxy) is 1. The lowest BCUT2D eigenvalue weighted by atomic mass is 10.3. The summed E-state index contributed by atoms with van der Waals surface area (Å²) in [6, 6.07) is 5.14. The van der Waals surface area contributed by atoms with Gasteiger partial charge in [-0.1, -0.05) is 21.1 Å². The number of nitrogens with one attached hydrogen (secondary N) is 1. The number of halogens is 2. The molecule has 0 bridgehead atoms. The van der Waals surface area contributed by atoms with Crippen LogP contribution in [0.15, 0.2) is 28.9 Å². The second-order valence-corrected chi connectivity index (χ2v) is 6.00. The van der Waals surface area contributed by atoms with Crippen molar-refractivity contribution in [3.05, 3.63) is 40.4 Å². The van der Waals surface area contributed by atoms with Crippen LogP contribution in [-0.4, -0.2) is 27.6 Å². The third-order valence-corrected chi connectivity index (χ3v) is 3.62. The predicted molar refractivity (Wildman–Crippen MR) is 79.5 cm³/mol. The van der Waals surface area contributed by atoms with E-state index in [4.69, 9.17) is 4.74 Å². The highest BCUT2D eigenvalue weighted by molar-refractivity contribution is 9.10. The van der Waals surface area contributed by atoms with E-state index in [1.807, 2.05) is 6.20 Å². The van der Waals surface area contributed by atoms with Crippen molar-refractivity contribution >= 4 is 15.9 Å². The minimum atomic E-state index is -0.325. The Kier molecular flexibility index (Phi) is 4.50. The smallest absolute Gasteiger partial charge is 0.128 e. The summed E-state index contributed by atoms with van der Waals surface area (Å²) in [4.78, 5) is 0. The van der Waals surface area contributed by atoms with E-state index in [-0.39, 0.29) is 5.82 Å². The first-order valence-corrected chi connectivity index (χ1v) is 7.69. The molecule has 1 saturated carbocycles. The van der Waals surface area contributed by atoms with E-state index in [9.17, 15) is 4.39 Å². The molecule has 5 nitrogen and oxygen atoms in total. The Morgan fingerprint density at radius 1 is 1.38 bits per heavy atom. The summed E-state index contributed by atoms with van der Waals surface area (Å²) in [6.45, 7) is 1.74. The van der Waals surface area contributed by atoms with Crippen LogP contribution < -0.4 is 10.1 Å². The normalized spacial score (nSPS) is 14.4. The van der Waals surface area contributed by atoms with Gasteiger partial charge in [0.1, 0.15) is 18.2 Å². The van der Waals surface area contributed by atoms with Gasteiger partial charge < -0.3 is 10.1 Å². The molecule has 0 atom stereocenters. The summed E-state index contributed by atoms with van der Waals surface area (Å²) < 4.78 is 21.1. The zero-order valence-corrected chi connectivity index (χ0v) is 13.0. The van der Waals surface area contributed by atoms with Gasteiger partial charge in [0, 0.05) is 29.3 Å². The predicted octanol–water partition coefficient (Wildman–Crippen LogP) is 2.51. The maximum absolute atomic E-state index is 13.2. The van der Waals surface area contributed by atoms with E-state index >= 15 is 0 Å². The van der Waals surface area contributed by atoms with Crippen LogP contribution in [0.4, 0.5) is 4.39 Å². The van der Waals surface area contributed by atoms with Crippen LogP contribution in [0.5, 0.6) is 5.75 Å². The lowest BCUT2D eigenvalue weighted by molar-refractivity contribution is 0.288. The van der Waals surface area contributed by atoms with Gasteiger partial charge in [0.15, 0.2) is 0 Å². The SMILES string of the molecule is Fc1cc(Br)cc(OCCn2cc(CNC3CC3)nn2)c1. The van der Waals surface area contributed by atoms with Crippen LogP contribution in [0.1, 0.15) is 18.5 Å². The molecule has 1 heterocycles. The lowest BCUT2D eigenvalue weighted by Gasteiger charge is -2.06. The fraction of sp³-hybridized carbons (Fsp3) is 0.429. The van der Waals surface area contributed by atoms with Crippen molar-refractivity contribution in [3.63, 3.8) is 0 Å². The van der Waals surface area contributed by atoms with Crippen LogP contribution in [-0.2, 0) is 13.1 Å². The molecule has 0 amide bonds. The Bertz CT molecular complexity index is 595. The van der Waals surface area contributed by atoms with Crippen molar-refractivity contribution in [2.75, 3.05) is 6.61 Å². The Hall–Kier alpha value is -1.47. The summed E-state index contributed by atoms with van der Waals surface area (Å²) in [5.74, 6) is 0.172. The Morgan fingerprint density at radius 3 is 3.00 bits per heavy atom. The van der Waals surface area contributed by atoms with Gasteiger partial charge in [-0.3, -0.25) is 0 Å². The molecule has 1 aliphatic carbocycles. The molecule has 1 aliphatic rings. The molecule has 1 aromatic carbocycles. The maximum Gasteiger partial charge on any atom is 0.128 e. The lowest BCUT2D eigenvalue weighted by Crippen LogP contribution is -2.15. The van der Waals surface area contributed by atoms with Crippen LogP contribution in [0, 0.1) is 5.82 Å². The van der Waals surface area contributed by atoms with Gasteiger partial charge in [-0.2, -0.15) is 0 Å². The number of hydrogen-bond acceptors (Lipinski definition) is 4. The molecule has 0 saturated heterocycles.